The molecule has 2 rings (SSSR count). The first-order valence-corrected chi connectivity index (χ1v) is 31.7. The Bertz CT molecular complexity index is 2570. The largest absolute Gasteiger partial charge is 0.394 e. The van der Waals surface area contributed by atoms with Gasteiger partial charge in [-0.3, -0.25) is 61.8 Å². The number of nitrogens with one attached hydrogen (secondary N) is 11. The Morgan fingerprint density at radius 2 is 1.04 bits per heavy atom. The van der Waals surface area contributed by atoms with E-state index in [1.807, 2.05) is 0 Å². The number of rotatable bonds is 29. The van der Waals surface area contributed by atoms with E-state index in [0.717, 1.165) is 19.3 Å². The van der Waals surface area contributed by atoms with Crippen LogP contribution in [0.15, 0.2) is 30.3 Å². The molecule has 1 aliphatic rings. The fraction of sp³-hybridized carbons (Fsp3) is 0.696. The van der Waals surface area contributed by atoms with Crippen LogP contribution in [0.4, 0.5) is 0 Å². The number of aliphatic hydroxyl groups excluding tert-OH is 2. The molecule has 1 heterocycles. The van der Waals surface area contributed by atoms with E-state index in [1.54, 1.807) is 44.2 Å². The van der Waals surface area contributed by atoms with Gasteiger partial charge in [0.05, 0.1) is 12.2 Å². The lowest BCUT2D eigenvalue weighted by molar-refractivity contribution is -0.137. The molecule has 25 N–H and O–H groups in total. The molecule has 0 radical (unpaired) electrons. The summed E-state index contributed by atoms with van der Waals surface area (Å²) in [6.45, 7) is 8.87. The first-order valence-electron chi connectivity index (χ1n) is 30.3. The molecule has 14 atom stereocenters. The molecule has 11 amide bonds. The Morgan fingerprint density at radius 3 is 1.53 bits per heavy atom. The van der Waals surface area contributed by atoms with E-state index in [4.69, 9.17) is 46.2 Å². The van der Waals surface area contributed by atoms with Gasteiger partial charge in [0.2, 0.25) is 65.0 Å². The zero-order valence-electron chi connectivity index (χ0n) is 52.3. The highest BCUT2D eigenvalue weighted by molar-refractivity contribution is 7.79. The van der Waals surface area contributed by atoms with Gasteiger partial charge in [0, 0.05) is 19.4 Å². The fourth-order valence-corrected chi connectivity index (χ4v) is 9.09. The van der Waals surface area contributed by atoms with Gasteiger partial charge in [-0.15, -0.1) is 0 Å². The summed E-state index contributed by atoms with van der Waals surface area (Å²) >= 11 is 0. The van der Waals surface area contributed by atoms with Crippen molar-refractivity contribution in [2.24, 2.45) is 40.5 Å². The zero-order valence-corrected chi connectivity index (χ0v) is 53.1. The summed E-state index contributed by atoms with van der Waals surface area (Å²) in [5.74, 6) is -9.81. The van der Waals surface area contributed by atoms with Crippen LogP contribution in [0.5, 0.6) is 0 Å². The lowest BCUT2D eigenvalue weighted by atomic mass is 9.96. The van der Waals surface area contributed by atoms with Crippen molar-refractivity contribution in [3.8, 4) is 0 Å². The van der Waals surface area contributed by atoms with Crippen molar-refractivity contribution in [1.29, 1.82) is 0 Å². The molecule has 512 valence electrons. The number of benzene rings is 1. The Hall–Kier alpha value is -7.02. The van der Waals surface area contributed by atoms with Gasteiger partial charge in [-0.1, -0.05) is 83.7 Å². The van der Waals surface area contributed by atoms with Crippen molar-refractivity contribution in [1.82, 2.24) is 58.5 Å². The molecule has 90 heavy (non-hydrogen) atoms. The van der Waals surface area contributed by atoms with Crippen molar-refractivity contribution in [3.63, 3.8) is 0 Å². The van der Waals surface area contributed by atoms with Gasteiger partial charge in [0.15, 0.2) is 0 Å². The summed E-state index contributed by atoms with van der Waals surface area (Å²) < 4.78 is 31.6. The van der Waals surface area contributed by atoms with Gasteiger partial charge in [-0.25, -0.2) is 0 Å². The second-order valence-electron chi connectivity index (χ2n) is 22.2. The quantitative estimate of drug-likeness (QED) is 0.0262. The summed E-state index contributed by atoms with van der Waals surface area (Å²) in [7, 11) is -4.67. The number of amides is 11. The summed E-state index contributed by atoms with van der Waals surface area (Å²) in [6, 6.07) is -6.25. The minimum atomic E-state index is -4.67. The van der Waals surface area contributed by atoms with E-state index in [-0.39, 0.29) is 77.7 Å². The van der Waals surface area contributed by atoms with E-state index < -0.39 is 167 Å². The molecule has 0 aromatic heterocycles. The van der Waals surface area contributed by atoms with Crippen LogP contribution in [0.1, 0.15) is 124 Å². The van der Waals surface area contributed by atoms with Crippen molar-refractivity contribution >= 4 is 75.4 Å². The third-order valence-electron chi connectivity index (χ3n) is 14.7. The number of carbonyl (C=O) groups is 11. The summed E-state index contributed by atoms with van der Waals surface area (Å²) in [6.07, 6.45) is -0.756. The highest BCUT2D eigenvalue weighted by Gasteiger charge is 2.38. The average Bonchev–Trinajstić information content (AvgIpc) is 2.24. The summed E-state index contributed by atoms with van der Waals surface area (Å²) in [5, 5.41) is 49.7. The Balaban J connectivity index is 0.00000776. The standard InChI is InChI=1S/C56H98N16O13.H2O4S/c1-7-31(3)14-12-13-17-43(75)63-36(18-24-57)51(80)72-46(34(6)74)56(85)68-39(21-27-60)48(77)66-41-23-29-62-54(83)45(33(5)73)71-52(81)40(22-28-61)65-47(76)38(20-26-59)67-55(84)44(32(4)8-2)70-53(82)42(30-35-15-10-9-11-16-35)69-49(78)37(19-25-58)64-50(41)79;1-5(2,3)4/h9-11,15-16,31-34,36-42,44-46,73-74H,7-8,12-14,17-30,57-61H2,1-6H3,(H,62,83)(H,63,75)(H,64,79)(H,65,76)(H,66,77)(H,67,84)(H,68,85)(H,69,78)(H,70,82)(H,71,81)(H,72,80);(H2,1,2,3,4)/t31?,32-,33+,34+,36-,37-,38-,39-,40-,41-,42+,44-,45-,46-;/m0./s1. The number of hydrogen-bond acceptors (Lipinski definition) is 20. The zero-order chi connectivity index (χ0) is 68.3. The maximum Gasteiger partial charge on any atom is 0.394 e. The van der Waals surface area contributed by atoms with Gasteiger partial charge < -0.3 is 97.4 Å². The van der Waals surface area contributed by atoms with Crippen LogP contribution >= 0.6 is 0 Å². The SMILES string of the molecule is CCC(C)CCCCC(=O)N[C@@H](CCN)C(=O)N[C@H](C(=O)N[C@@H](CCN)C(=O)N[C@H]1CCNC(=O)[C@H]([C@@H](C)O)NC(=O)[C@H](CCN)NC(=O)[C@H](CCN)NC(=O)[C@H]([C@@H](C)CC)NC(=O)[C@@H](Cc2ccccc2)NC(=O)[C@H](CCN)NC1=O)[C@@H](C)O.O=S(=O)(O)O. The number of carbonyl (C=O) groups excluding carboxylic acids is 11. The van der Waals surface area contributed by atoms with Crippen LogP contribution in [0.2, 0.25) is 0 Å². The lowest BCUT2D eigenvalue weighted by Crippen LogP contribution is -2.62. The lowest BCUT2D eigenvalue weighted by Gasteiger charge is -2.30. The van der Waals surface area contributed by atoms with Gasteiger partial charge in [-0.05, 0) is 109 Å². The maximum absolute atomic E-state index is 14.5. The highest BCUT2D eigenvalue weighted by atomic mass is 32.3. The van der Waals surface area contributed by atoms with Gasteiger partial charge in [0.25, 0.3) is 0 Å². The van der Waals surface area contributed by atoms with Gasteiger partial charge in [0.1, 0.15) is 60.4 Å². The van der Waals surface area contributed by atoms with E-state index in [9.17, 15) is 63.0 Å². The molecule has 0 spiro atoms. The maximum atomic E-state index is 14.5. The Kier molecular flexibility index (Phi) is 38.6. The third kappa shape index (κ3) is 31.1. The number of hydrogen-bond donors (Lipinski definition) is 20. The van der Waals surface area contributed by atoms with Crippen molar-refractivity contribution < 1.29 is 80.5 Å². The molecule has 1 aliphatic heterocycles. The molecular weight excluding hydrogens is 1200 g/mol. The van der Waals surface area contributed by atoms with E-state index >= 15 is 0 Å². The fourth-order valence-electron chi connectivity index (χ4n) is 9.09. The summed E-state index contributed by atoms with van der Waals surface area (Å²) in [4.78, 5) is 154. The minimum Gasteiger partial charge on any atom is -0.391 e. The van der Waals surface area contributed by atoms with Crippen LogP contribution in [0.3, 0.4) is 0 Å². The predicted molar refractivity (Wildman–Crippen MR) is 330 cm³/mol. The van der Waals surface area contributed by atoms with E-state index in [2.05, 4.69) is 72.3 Å². The van der Waals surface area contributed by atoms with Crippen LogP contribution in [-0.2, 0) is 69.6 Å². The van der Waals surface area contributed by atoms with Crippen molar-refractivity contribution in [3.05, 3.63) is 35.9 Å². The molecule has 0 aliphatic carbocycles. The average molecular weight is 1300 g/mol. The van der Waals surface area contributed by atoms with Crippen LogP contribution in [-0.4, -0.2) is 205 Å². The monoisotopic (exact) mass is 1300 g/mol. The number of nitrogens with two attached hydrogens (primary N) is 5. The number of unbranched alkanes of at least 4 members (excludes halogenated alkanes) is 1. The van der Waals surface area contributed by atoms with Crippen LogP contribution < -0.4 is 87.2 Å². The molecule has 34 heteroatoms. The van der Waals surface area contributed by atoms with Crippen LogP contribution in [0, 0.1) is 11.8 Å². The minimum absolute atomic E-state index is 0.0173. The molecule has 1 aromatic rings. The molecule has 0 bridgehead atoms. The van der Waals surface area contributed by atoms with Crippen LogP contribution in [0.25, 0.3) is 0 Å². The first kappa shape index (κ1) is 81.0. The van der Waals surface area contributed by atoms with E-state index in [1.165, 1.54) is 13.8 Å². The third-order valence-corrected chi connectivity index (χ3v) is 14.7. The Morgan fingerprint density at radius 1 is 0.567 bits per heavy atom. The first-order chi connectivity index (χ1) is 42.4. The molecular formula is C56H100N16O17S. The topological polar surface area (TPSA) is 565 Å². The molecule has 1 saturated heterocycles. The molecule has 1 fully saturated rings. The summed E-state index contributed by atoms with van der Waals surface area (Å²) in [5.41, 5.74) is 29.9. The second kappa shape index (κ2) is 42.9. The highest BCUT2D eigenvalue weighted by Crippen LogP contribution is 2.14. The second-order valence-corrected chi connectivity index (χ2v) is 23.1. The van der Waals surface area contributed by atoms with Gasteiger partial charge >= 0.3 is 10.4 Å². The van der Waals surface area contributed by atoms with E-state index in [0.29, 0.717) is 24.3 Å². The number of aliphatic hydroxyl groups is 2. The molecule has 0 saturated carbocycles. The molecule has 1 aromatic carbocycles. The Labute approximate surface area is 525 Å². The van der Waals surface area contributed by atoms with Gasteiger partial charge in [-0.2, -0.15) is 8.42 Å². The smallest absolute Gasteiger partial charge is 0.391 e. The van der Waals surface area contributed by atoms with Crippen molar-refractivity contribution in [2.75, 3.05) is 39.3 Å². The predicted octanol–water partition coefficient (Wildman–Crippen LogP) is -5.90. The van der Waals surface area contributed by atoms with Crippen molar-refractivity contribution in [2.45, 2.75) is 198 Å². The normalized spacial score (nSPS) is 22.6. The molecule has 33 nitrogen and oxygen atoms in total. The molecule has 1 unspecified atom stereocenters.